The fourth-order valence-electron chi connectivity index (χ4n) is 6.25. The number of carbonyl (C=O) groups is 4. The Labute approximate surface area is 342 Å². The van der Waals surface area contributed by atoms with E-state index < -0.39 is 47.6 Å². The maximum atomic E-state index is 15.1. The highest BCUT2D eigenvalue weighted by atomic mass is 19.1. The minimum Gasteiger partial charge on any atom is -0.379 e. The van der Waals surface area contributed by atoms with Crippen LogP contribution < -0.4 is 11.1 Å². The first-order valence-corrected chi connectivity index (χ1v) is 19.6. The Bertz CT molecular complexity index is 1840. The summed E-state index contributed by atoms with van der Waals surface area (Å²) in [6.45, 7) is 7.11. The van der Waals surface area contributed by atoms with Gasteiger partial charge in [0.2, 0.25) is 11.8 Å². The van der Waals surface area contributed by atoms with E-state index in [1.165, 1.54) is 17.1 Å². The lowest BCUT2D eigenvalue weighted by Gasteiger charge is -2.40. The number of amides is 4. The van der Waals surface area contributed by atoms with Gasteiger partial charge in [-0.1, -0.05) is 51.1 Å². The molecule has 0 aliphatic carbocycles. The van der Waals surface area contributed by atoms with Gasteiger partial charge in [-0.15, -0.1) is 0 Å². The molecule has 4 rings (SSSR count). The van der Waals surface area contributed by atoms with E-state index in [0.717, 1.165) is 28.7 Å². The van der Waals surface area contributed by atoms with Gasteiger partial charge in [-0.2, -0.15) is 0 Å². The smallest absolute Gasteiger partial charge is 0.253 e. The summed E-state index contributed by atoms with van der Waals surface area (Å²) in [5.41, 5.74) is 6.31. The molecule has 1 aliphatic heterocycles. The number of aromatic nitrogens is 2. The van der Waals surface area contributed by atoms with E-state index in [4.69, 9.17) is 29.7 Å². The van der Waals surface area contributed by atoms with Gasteiger partial charge in [-0.05, 0) is 35.6 Å². The van der Waals surface area contributed by atoms with Gasteiger partial charge in [0.1, 0.15) is 24.1 Å². The number of nitrogens with one attached hydrogen (secondary N) is 1. The van der Waals surface area contributed by atoms with Crippen LogP contribution in [0.5, 0.6) is 0 Å². The Morgan fingerprint density at radius 1 is 0.881 bits per heavy atom. The summed E-state index contributed by atoms with van der Waals surface area (Å²) in [6.07, 6.45) is 4.17. The maximum Gasteiger partial charge on any atom is 0.253 e. The van der Waals surface area contributed by atoms with Crippen LogP contribution in [0.4, 0.5) is 13.2 Å². The second-order valence-corrected chi connectivity index (χ2v) is 14.9. The Hall–Kier alpha value is -4.94. The first kappa shape index (κ1) is 46.7. The molecule has 0 saturated carbocycles. The third-order valence-corrected chi connectivity index (χ3v) is 9.23. The summed E-state index contributed by atoms with van der Waals surface area (Å²) in [5, 5.41) is 2.66. The molecule has 1 aromatic heterocycles. The maximum absolute atomic E-state index is 15.1. The standard InChI is InChI=1S/C42H55F3N6O8/c1-42(2,3)40(41-48-35(33-25-31(44)9-10-34(33)45)29-49(41)28-30-7-5-4-6-8-30)51(15-13-32(46)26-43)39(55)27-47-36(52)14-17-56-19-21-58-23-24-59-22-20-57-18-16-50-37(53)11-12-38(50)54/h4-12,25,29,32,40H,13-24,26-28,46H2,1-3H3,(H,47,52)/t32-,40-/m0/s1. The van der Waals surface area contributed by atoms with Crippen LogP contribution in [0.1, 0.15) is 51.0 Å². The molecule has 14 nitrogen and oxygen atoms in total. The van der Waals surface area contributed by atoms with Gasteiger partial charge < -0.3 is 39.5 Å². The monoisotopic (exact) mass is 828 g/mol. The molecule has 3 N–H and O–H groups in total. The molecular formula is C42H55F3N6O8. The van der Waals surface area contributed by atoms with E-state index in [1.807, 2.05) is 51.1 Å². The number of halogens is 3. The normalized spacial score (nSPS) is 13.9. The number of nitrogens with two attached hydrogens (primary N) is 1. The van der Waals surface area contributed by atoms with Crippen molar-refractivity contribution in [3.05, 3.63) is 89.9 Å². The molecular weight excluding hydrogens is 773 g/mol. The number of imidazole rings is 1. The van der Waals surface area contributed by atoms with Gasteiger partial charge in [0.25, 0.3) is 11.8 Å². The number of carbonyl (C=O) groups excluding carboxylic acids is 4. The van der Waals surface area contributed by atoms with Crippen LogP contribution in [0.3, 0.4) is 0 Å². The molecule has 1 aliphatic rings. The second-order valence-electron chi connectivity index (χ2n) is 14.9. The van der Waals surface area contributed by atoms with E-state index in [2.05, 4.69) is 5.32 Å². The van der Waals surface area contributed by atoms with Crippen molar-refractivity contribution < 1.29 is 51.3 Å². The lowest BCUT2D eigenvalue weighted by molar-refractivity contribution is -0.138. The number of nitrogens with zero attached hydrogens (tertiary/aromatic N) is 4. The lowest BCUT2D eigenvalue weighted by atomic mass is 9.84. The minimum absolute atomic E-state index is 0.0214. The fraction of sp³-hybridized carbons (Fsp3) is 0.500. The lowest BCUT2D eigenvalue weighted by Crippen LogP contribution is -2.48. The van der Waals surface area contributed by atoms with E-state index in [1.54, 1.807) is 10.8 Å². The fourth-order valence-corrected chi connectivity index (χ4v) is 6.25. The van der Waals surface area contributed by atoms with Crippen molar-refractivity contribution in [3.63, 3.8) is 0 Å². The molecule has 0 unspecified atom stereocenters. The highest BCUT2D eigenvalue weighted by Gasteiger charge is 2.38. The highest BCUT2D eigenvalue weighted by molar-refractivity contribution is 6.12. The summed E-state index contributed by atoms with van der Waals surface area (Å²) < 4.78 is 66.6. The number of hydrogen-bond acceptors (Lipinski definition) is 10. The average Bonchev–Trinajstić information content (AvgIpc) is 3.76. The average molecular weight is 829 g/mol. The molecule has 0 fully saturated rings. The number of alkyl halides is 1. The summed E-state index contributed by atoms with van der Waals surface area (Å²) in [6, 6.07) is 11.0. The SMILES string of the molecule is CC(C)(C)[C@H](c1nc(-c2cc(F)ccc2F)cn1Cc1ccccc1)N(CC[C@H](N)CF)C(=O)CNC(=O)CCOCCOCCOCCOCCN1C(=O)C=CC1=O. The van der Waals surface area contributed by atoms with Crippen molar-refractivity contribution in [1.29, 1.82) is 0 Å². The molecule has 0 spiro atoms. The molecule has 2 aromatic carbocycles. The molecule has 17 heteroatoms. The van der Waals surface area contributed by atoms with Crippen molar-refractivity contribution in [2.75, 3.05) is 79.2 Å². The number of hydrogen-bond donors (Lipinski definition) is 2. The van der Waals surface area contributed by atoms with E-state index in [-0.39, 0.29) is 82.0 Å². The van der Waals surface area contributed by atoms with Crippen LogP contribution >= 0.6 is 0 Å². The van der Waals surface area contributed by atoms with E-state index in [9.17, 15) is 28.0 Å². The van der Waals surface area contributed by atoms with Gasteiger partial charge >= 0.3 is 0 Å². The Morgan fingerprint density at radius 3 is 2.10 bits per heavy atom. The summed E-state index contributed by atoms with van der Waals surface area (Å²) in [7, 11) is 0. The summed E-state index contributed by atoms with van der Waals surface area (Å²) >= 11 is 0. The van der Waals surface area contributed by atoms with Crippen molar-refractivity contribution in [3.8, 4) is 11.3 Å². The number of benzene rings is 2. The zero-order valence-electron chi connectivity index (χ0n) is 33.9. The van der Waals surface area contributed by atoms with Gasteiger partial charge in [0.05, 0.1) is 77.7 Å². The van der Waals surface area contributed by atoms with Gasteiger partial charge in [0.15, 0.2) is 0 Å². The van der Waals surface area contributed by atoms with Crippen LogP contribution in [0.15, 0.2) is 66.9 Å². The highest BCUT2D eigenvalue weighted by Crippen LogP contribution is 2.39. The van der Waals surface area contributed by atoms with Crippen LogP contribution in [-0.4, -0.2) is 128 Å². The quantitative estimate of drug-likeness (QED) is 0.0893. The predicted octanol–water partition coefficient (Wildman–Crippen LogP) is 3.98. The molecule has 0 saturated heterocycles. The zero-order chi connectivity index (χ0) is 42.8. The molecule has 0 radical (unpaired) electrons. The summed E-state index contributed by atoms with van der Waals surface area (Å²) in [4.78, 5) is 57.3. The van der Waals surface area contributed by atoms with Crippen LogP contribution in [0.2, 0.25) is 0 Å². The molecule has 3 aromatic rings. The third kappa shape index (κ3) is 15.0. The third-order valence-electron chi connectivity index (χ3n) is 9.23. The van der Waals surface area contributed by atoms with Gasteiger partial charge in [0, 0.05) is 49.5 Å². The van der Waals surface area contributed by atoms with Crippen molar-refractivity contribution in [1.82, 2.24) is 24.7 Å². The first-order chi connectivity index (χ1) is 28.3. The number of ether oxygens (including phenoxy) is 4. The molecule has 0 bridgehead atoms. The number of rotatable bonds is 26. The minimum atomic E-state index is -0.841. The van der Waals surface area contributed by atoms with Crippen molar-refractivity contribution in [2.24, 2.45) is 11.1 Å². The van der Waals surface area contributed by atoms with E-state index >= 15 is 4.39 Å². The second kappa shape index (κ2) is 23.6. The Kier molecular flexibility index (Phi) is 18.7. The van der Waals surface area contributed by atoms with Crippen molar-refractivity contribution >= 4 is 23.6 Å². The van der Waals surface area contributed by atoms with Crippen LogP contribution in [0, 0.1) is 17.0 Å². The van der Waals surface area contributed by atoms with Crippen LogP contribution in [0.25, 0.3) is 11.3 Å². The molecule has 322 valence electrons. The molecule has 59 heavy (non-hydrogen) atoms. The molecule has 2 atom stereocenters. The predicted molar refractivity (Wildman–Crippen MR) is 212 cm³/mol. The van der Waals surface area contributed by atoms with Crippen LogP contribution in [-0.2, 0) is 44.7 Å². The Morgan fingerprint density at radius 2 is 1.49 bits per heavy atom. The Balaban J connectivity index is 1.28. The van der Waals surface area contributed by atoms with Gasteiger partial charge in [-0.25, -0.2) is 18.2 Å². The molecule has 2 heterocycles. The van der Waals surface area contributed by atoms with Crippen molar-refractivity contribution in [2.45, 2.75) is 52.2 Å². The summed E-state index contributed by atoms with van der Waals surface area (Å²) in [5.74, 6) is -2.49. The first-order valence-electron chi connectivity index (χ1n) is 19.6. The zero-order valence-corrected chi connectivity index (χ0v) is 33.9. The topological polar surface area (TPSA) is 168 Å². The number of imide groups is 1. The molecule has 4 amide bonds. The van der Waals surface area contributed by atoms with E-state index in [0.29, 0.717) is 38.8 Å². The largest absolute Gasteiger partial charge is 0.379 e. The van der Waals surface area contributed by atoms with Gasteiger partial charge in [-0.3, -0.25) is 24.1 Å².